The van der Waals surface area contributed by atoms with Gasteiger partial charge in [-0.1, -0.05) is 137 Å². The topological polar surface area (TPSA) is 75.6 Å². The van der Waals surface area contributed by atoms with Crippen molar-refractivity contribution >= 4 is 34.2 Å². The van der Waals surface area contributed by atoms with Crippen molar-refractivity contribution in [2.45, 2.75) is 70.1 Å². The van der Waals surface area contributed by atoms with E-state index in [4.69, 9.17) is 40.0 Å². The maximum atomic E-state index is 11.0. The lowest BCUT2D eigenvalue weighted by Crippen LogP contribution is -2.58. The van der Waals surface area contributed by atoms with E-state index in [1.807, 2.05) is 116 Å². The molecule has 2 fully saturated rings. The van der Waals surface area contributed by atoms with E-state index in [9.17, 15) is 5.11 Å². The molecule has 1 aliphatic heterocycles. The lowest BCUT2D eigenvalue weighted by molar-refractivity contribution is -0.272. The molecule has 0 unspecified atom stereocenters. The molecule has 294 valence electrons. The van der Waals surface area contributed by atoms with Crippen molar-refractivity contribution in [3.05, 3.63) is 166 Å². The molecule has 9 heteroatoms. The van der Waals surface area contributed by atoms with E-state index < -0.39 is 30.5 Å². The summed E-state index contributed by atoms with van der Waals surface area (Å²) in [5.41, 5.74) is 5.85. The quantitative estimate of drug-likeness (QED) is 0.0654. The first kappa shape index (κ1) is 40.7. The minimum atomic E-state index is -0.731. The van der Waals surface area contributed by atoms with Gasteiger partial charge in [-0.3, -0.25) is 0 Å². The van der Waals surface area contributed by atoms with Crippen LogP contribution in [0, 0.1) is 11.8 Å². The number of hydrogen-bond donors (Lipinski definition) is 1. The van der Waals surface area contributed by atoms with Crippen LogP contribution in [0.4, 0.5) is 0 Å². The molecule has 0 bridgehead atoms. The highest BCUT2D eigenvalue weighted by atomic mass is 127. The van der Waals surface area contributed by atoms with E-state index in [0.717, 1.165) is 50.0 Å². The molecule has 0 aromatic heterocycles. The van der Waals surface area contributed by atoms with E-state index in [0.29, 0.717) is 62.1 Å². The average Bonchev–Trinajstić information content (AvgIpc) is 4.02. The number of alkyl halides is 1. The van der Waals surface area contributed by atoms with Crippen LogP contribution in [0.25, 0.3) is 0 Å². The Balaban J connectivity index is 1.28. The smallest absolute Gasteiger partial charge is 0.126 e. The molecule has 7 nitrogen and oxygen atoms in total. The van der Waals surface area contributed by atoms with Crippen molar-refractivity contribution in [1.82, 2.24) is 0 Å². The summed E-state index contributed by atoms with van der Waals surface area (Å²) in [5, 5.41) is 11.6. The third-order valence-corrected chi connectivity index (χ3v) is 12.0. The molecular weight excluding hydrogens is 839 g/mol. The van der Waals surface area contributed by atoms with Gasteiger partial charge in [0.2, 0.25) is 0 Å². The summed E-state index contributed by atoms with van der Waals surface area (Å²) in [7, 11) is 0. The molecule has 7 atom stereocenters. The fourth-order valence-electron chi connectivity index (χ4n) is 7.28. The van der Waals surface area contributed by atoms with Crippen LogP contribution in [-0.2, 0) is 45.2 Å². The Kier molecular flexibility index (Phi) is 14.7. The van der Waals surface area contributed by atoms with Crippen LogP contribution in [0.1, 0.15) is 52.8 Å². The van der Waals surface area contributed by atoms with Gasteiger partial charge in [0, 0.05) is 15.0 Å². The summed E-state index contributed by atoms with van der Waals surface area (Å²) in [6, 6.07) is 42.3. The highest BCUT2D eigenvalue weighted by molar-refractivity contribution is 14.1. The number of benzene rings is 5. The van der Waals surface area contributed by atoms with Gasteiger partial charge in [-0.05, 0) is 83.7 Å². The van der Waals surface area contributed by atoms with Gasteiger partial charge in [0.05, 0.1) is 39.6 Å². The molecule has 1 saturated carbocycles. The molecule has 0 spiro atoms. The number of rotatable bonds is 19. The Morgan fingerprint density at radius 1 is 0.679 bits per heavy atom. The van der Waals surface area contributed by atoms with Gasteiger partial charge in [-0.15, -0.1) is 0 Å². The number of ether oxygens (including phenoxy) is 6. The molecule has 7 rings (SSSR count). The van der Waals surface area contributed by atoms with Gasteiger partial charge in [0.25, 0.3) is 0 Å². The van der Waals surface area contributed by atoms with Crippen LogP contribution >= 0.6 is 34.2 Å². The second-order valence-electron chi connectivity index (χ2n) is 14.5. The molecule has 56 heavy (non-hydrogen) atoms. The molecule has 5 aromatic rings. The molecule has 1 heterocycles. The third-order valence-electron chi connectivity index (χ3n) is 10.5. The van der Waals surface area contributed by atoms with Gasteiger partial charge in [0.15, 0.2) is 0 Å². The Labute approximate surface area is 349 Å². The fraction of sp³-hybridized carbons (Fsp3) is 0.362. The van der Waals surface area contributed by atoms with Gasteiger partial charge in [-0.25, -0.2) is 0 Å². The molecule has 0 radical (unpaired) electrons. The maximum absolute atomic E-state index is 11.0. The van der Waals surface area contributed by atoms with E-state index >= 15 is 0 Å². The summed E-state index contributed by atoms with van der Waals surface area (Å²) in [6.07, 6.45) is -1.65. The van der Waals surface area contributed by atoms with Crippen LogP contribution in [0.15, 0.2) is 127 Å². The largest absolute Gasteiger partial charge is 0.494 e. The number of halogens is 2. The Morgan fingerprint density at radius 2 is 1.25 bits per heavy atom. The van der Waals surface area contributed by atoms with Crippen LogP contribution in [0.5, 0.6) is 11.5 Å². The predicted octanol–water partition coefficient (Wildman–Crippen LogP) is 9.97. The van der Waals surface area contributed by atoms with Crippen LogP contribution < -0.4 is 9.47 Å². The zero-order valence-electron chi connectivity index (χ0n) is 31.7. The minimum absolute atomic E-state index is 0.283. The summed E-state index contributed by atoms with van der Waals surface area (Å²) in [5.74, 6) is 2.61. The first-order valence-electron chi connectivity index (χ1n) is 19.5. The highest BCUT2D eigenvalue weighted by Gasteiger charge is 2.49. The fourth-order valence-corrected chi connectivity index (χ4v) is 8.58. The number of aliphatic hydroxyl groups is 1. The van der Waals surface area contributed by atoms with Crippen molar-refractivity contribution < 1.29 is 33.5 Å². The van der Waals surface area contributed by atoms with Crippen molar-refractivity contribution in [3.8, 4) is 11.5 Å². The zero-order valence-corrected chi connectivity index (χ0v) is 34.6. The van der Waals surface area contributed by atoms with Gasteiger partial charge < -0.3 is 33.5 Å². The highest BCUT2D eigenvalue weighted by Crippen LogP contribution is 2.45. The van der Waals surface area contributed by atoms with E-state index in [-0.39, 0.29) is 6.61 Å². The molecule has 1 saturated heterocycles. The van der Waals surface area contributed by atoms with Gasteiger partial charge in [0.1, 0.15) is 42.0 Å². The van der Waals surface area contributed by atoms with Crippen LogP contribution in [0.3, 0.4) is 0 Å². The Morgan fingerprint density at radius 3 is 1.79 bits per heavy atom. The predicted molar refractivity (Wildman–Crippen MR) is 228 cm³/mol. The number of hydrogen-bond acceptors (Lipinski definition) is 7. The summed E-state index contributed by atoms with van der Waals surface area (Å²) in [6.45, 7) is 3.82. The zero-order chi connectivity index (χ0) is 38.7. The van der Waals surface area contributed by atoms with Crippen molar-refractivity contribution in [1.29, 1.82) is 0 Å². The lowest BCUT2D eigenvalue weighted by atomic mass is 9.88. The molecule has 0 amide bonds. The minimum Gasteiger partial charge on any atom is -0.494 e. The maximum Gasteiger partial charge on any atom is 0.126 e. The first-order chi connectivity index (χ1) is 27.5. The molecule has 2 aliphatic rings. The number of aliphatic hydroxyl groups excluding tert-OH is 1. The van der Waals surface area contributed by atoms with Crippen LogP contribution in [-0.4, -0.2) is 53.8 Å². The second-order valence-corrected chi connectivity index (χ2v) is 15.8. The molecule has 1 aliphatic carbocycles. The van der Waals surface area contributed by atoms with Crippen molar-refractivity contribution in [2.75, 3.05) is 24.2 Å². The molecule has 1 N–H and O–H groups in total. The third kappa shape index (κ3) is 10.7. The van der Waals surface area contributed by atoms with E-state index in [1.54, 1.807) is 0 Å². The van der Waals surface area contributed by atoms with Crippen LogP contribution in [0.2, 0.25) is 5.02 Å². The average molecular weight is 889 g/mol. The van der Waals surface area contributed by atoms with Crippen molar-refractivity contribution in [2.24, 2.45) is 11.8 Å². The summed E-state index contributed by atoms with van der Waals surface area (Å²) in [4.78, 5) is 0. The standard InChI is InChI=1S/C47H50ClIO7/c1-2-51-39-20-18-32(19-21-39)22-36-24-40(42(25-41(36)48)52-31-38-23-37(38)26-49)44-46(54-29-34-14-8-4-9-15-34)47(55-30-35-16-10-5-11-17-35)45(43(27-50)56-44)53-28-33-12-6-3-7-13-33/h3-21,24-25,37-38,43-47,50H,2,22-23,26-31H2,1H3/t37-,38-,43+,44-,45+,46-,47-/m0/s1. The lowest BCUT2D eigenvalue weighted by Gasteiger charge is -2.46. The monoisotopic (exact) mass is 888 g/mol. The van der Waals surface area contributed by atoms with E-state index in [2.05, 4.69) is 40.8 Å². The second kappa shape index (κ2) is 20.3. The molecular formula is C47H50ClIO7. The summed E-state index contributed by atoms with van der Waals surface area (Å²) >= 11 is 9.55. The molecule has 5 aromatic carbocycles. The Hall–Kier alpha value is -3.48. The first-order valence-corrected chi connectivity index (χ1v) is 21.4. The van der Waals surface area contributed by atoms with Gasteiger partial charge in [-0.2, -0.15) is 0 Å². The SMILES string of the molecule is CCOc1ccc(Cc2cc([C@@H]3O[C@H](CO)[C@@H](OCc4ccccc4)[C@H](OCc4ccccc4)[C@H]3OCc3ccccc3)c(OC[C@@H]3C[C@H]3CI)cc2Cl)cc1. The van der Waals surface area contributed by atoms with Crippen molar-refractivity contribution in [3.63, 3.8) is 0 Å². The van der Waals surface area contributed by atoms with Gasteiger partial charge >= 0.3 is 0 Å². The van der Waals surface area contributed by atoms with E-state index in [1.165, 1.54) is 0 Å². The Bertz CT molecular complexity index is 1930. The summed E-state index contributed by atoms with van der Waals surface area (Å²) < 4.78 is 41.0. The normalized spacial score (nSPS) is 23.1.